The number of amides is 4. The number of carbonyl (C=O) groups excluding carboxylic acids is 3. The number of nitrogens with zero attached hydrogens (tertiary/aromatic N) is 1. The molecule has 2 aromatic carbocycles. The van der Waals surface area contributed by atoms with Crippen LogP contribution < -0.4 is 20.1 Å². The second kappa shape index (κ2) is 7.59. The first-order valence-corrected chi connectivity index (χ1v) is 8.99. The van der Waals surface area contributed by atoms with Crippen molar-refractivity contribution in [3.8, 4) is 11.5 Å². The van der Waals surface area contributed by atoms with Crippen LogP contribution >= 0.6 is 0 Å². The molecule has 144 valence electrons. The molecule has 0 saturated carbocycles. The monoisotopic (exact) mass is 381 g/mol. The Morgan fingerprint density at radius 1 is 0.964 bits per heavy atom. The van der Waals surface area contributed by atoms with Gasteiger partial charge >= 0.3 is 6.03 Å². The Hall–Kier alpha value is -3.55. The summed E-state index contributed by atoms with van der Waals surface area (Å²) in [6, 6.07) is 13.6. The van der Waals surface area contributed by atoms with Gasteiger partial charge in [-0.2, -0.15) is 0 Å². The fourth-order valence-electron chi connectivity index (χ4n) is 3.16. The predicted molar refractivity (Wildman–Crippen MR) is 99.6 cm³/mol. The summed E-state index contributed by atoms with van der Waals surface area (Å²) in [5.74, 6) is 0.652. The number of rotatable bonds is 5. The van der Waals surface area contributed by atoms with Crippen LogP contribution in [0.1, 0.15) is 20.7 Å². The van der Waals surface area contributed by atoms with Crippen LogP contribution in [0.2, 0.25) is 0 Å². The molecule has 2 heterocycles. The molecule has 2 aliphatic heterocycles. The zero-order valence-corrected chi connectivity index (χ0v) is 15.0. The summed E-state index contributed by atoms with van der Waals surface area (Å²) in [7, 11) is 0. The molecule has 0 radical (unpaired) electrons. The second-order valence-corrected chi connectivity index (χ2v) is 6.44. The van der Waals surface area contributed by atoms with Gasteiger partial charge in [-0.15, -0.1) is 0 Å². The number of fused-ring (bicyclic) bond motifs is 2. The van der Waals surface area contributed by atoms with Crippen LogP contribution in [-0.4, -0.2) is 55.1 Å². The number of benzene rings is 2. The maximum atomic E-state index is 12.3. The van der Waals surface area contributed by atoms with Crippen molar-refractivity contribution < 1.29 is 23.9 Å². The van der Waals surface area contributed by atoms with E-state index in [-0.39, 0.29) is 37.6 Å². The molecule has 0 bridgehead atoms. The average molecular weight is 381 g/mol. The van der Waals surface area contributed by atoms with E-state index in [4.69, 9.17) is 9.47 Å². The molecular weight excluding hydrogens is 362 g/mol. The highest BCUT2D eigenvalue weighted by atomic mass is 16.6. The van der Waals surface area contributed by atoms with E-state index in [9.17, 15) is 14.4 Å². The molecule has 8 heteroatoms. The third-order valence-electron chi connectivity index (χ3n) is 4.56. The van der Waals surface area contributed by atoms with Crippen LogP contribution in [0.4, 0.5) is 4.79 Å². The molecular formula is C20H19N3O5. The number of para-hydroxylation sites is 2. The minimum atomic E-state index is -0.404. The number of imide groups is 1. The SMILES string of the molecule is O=C(NCCN1C(=O)c2ccccc2C1=O)NCC1COc2ccccc2O1. The molecule has 1 unspecified atom stereocenters. The molecule has 0 spiro atoms. The highest BCUT2D eigenvalue weighted by Crippen LogP contribution is 2.30. The van der Waals surface area contributed by atoms with Crippen molar-refractivity contribution in [2.24, 2.45) is 0 Å². The lowest BCUT2D eigenvalue weighted by Gasteiger charge is -2.26. The van der Waals surface area contributed by atoms with Crippen molar-refractivity contribution in [2.45, 2.75) is 6.10 Å². The van der Waals surface area contributed by atoms with Crippen molar-refractivity contribution >= 4 is 17.8 Å². The first-order chi connectivity index (χ1) is 13.6. The molecule has 2 N–H and O–H groups in total. The van der Waals surface area contributed by atoms with Crippen molar-refractivity contribution in [3.05, 3.63) is 59.7 Å². The molecule has 2 aliphatic rings. The molecule has 0 saturated heterocycles. The van der Waals surface area contributed by atoms with Crippen LogP contribution in [0.15, 0.2) is 48.5 Å². The van der Waals surface area contributed by atoms with Crippen molar-refractivity contribution in [1.29, 1.82) is 0 Å². The third kappa shape index (κ3) is 3.48. The van der Waals surface area contributed by atoms with E-state index in [2.05, 4.69) is 10.6 Å². The largest absolute Gasteiger partial charge is 0.486 e. The summed E-state index contributed by atoms with van der Waals surface area (Å²) in [6.45, 7) is 0.873. The molecule has 0 aliphatic carbocycles. The topological polar surface area (TPSA) is 97.0 Å². The lowest BCUT2D eigenvalue weighted by molar-refractivity contribution is 0.0655. The zero-order chi connectivity index (χ0) is 19.5. The van der Waals surface area contributed by atoms with E-state index in [0.717, 1.165) is 4.90 Å². The van der Waals surface area contributed by atoms with Gasteiger partial charge in [-0.25, -0.2) is 4.79 Å². The number of hydrogen-bond donors (Lipinski definition) is 2. The van der Waals surface area contributed by atoms with Gasteiger partial charge in [0.2, 0.25) is 0 Å². The first-order valence-electron chi connectivity index (χ1n) is 8.99. The van der Waals surface area contributed by atoms with Gasteiger partial charge in [-0.05, 0) is 24.3 Å². The van der Waals surface area contributed by atoms with Gasteiger partial charge in [0.1, 0.15) is 6.61 Å². The van der Waals surface area contributed by atoms with E-state index in [1.54, 1.807) is 24.3 Å². The summed E-state index contributed by atoms with van der Waals surface area (Å²) >= 11 is 0. The molecule has 4 rings (SSSR count). The zero-order valence-electron chi connectivity index (χ0n) is 15.0. The highest BCUT2D eigenvalue weighted by Gasteiger charge is 2.34. The van der Waals surface area contributed by atoms with Crippen LogP contribution in [0.3, 0.4) is 0 Å². The molecule has 0 fully saturated rings. The van der Waals surface area contributed by atoms with Gasteiger partial charge in [0.05, 0.1) is 17.7 Å². The maximum absolute atomic E-state index is 12.3. The molecule has 2 aromatic rings. The van der Waals surface area contributed by atoms with Crippen molar-refractivity contribution in [2.75, 3.05) is 26.2 Å². The van der Waals surface area contributed by atoms with Crippen molar-refractivity contribution in [3.63, 3.8) is 0 Å². The molecule has 4 amide bonds. The number of urea groups is 1. The fraction of sp³-hybridized carbons (Fsp3) is 0.250. The summed E-state index contributed by atoms with van der Waals surface area (Å²) in [5.41, 5.74) is 0.790. The predicted octanol–water partition coefficient (Wildman–Crippen LogP) is 1.42. The maximum Gasteiger partial charge on any atom is 0.314 e. The minimum Gasteiger partial charge on any atom is -0.486 e. The Labute approximate surface area is 161 Å². The first kappa shape index (κ1) is 17.8. The van der Waals surface area contributed by atoms with Gasteiger partial charge < -0.3 is 20.1 Å². The van der Waals surface area contributed by atoms with Gasteiger partial charge in [-0.3, -0.25) is 14.5 Å². The molecule has 0 aromatic heterocycles. The highest BCUT2D eigenvalue weighted by molar-refractivity contribution is 6.21. The van der Waals surface area contributed by atoms with E-state index in [1.165, 1.54) is 0 Å². The van der Waals surface area contributed by atoms with Crippen LogP contribution in [0.5, 0.6) is 11.5 Å². The number of nitrogens with one attached hydrogen (secondary N) is 2. The van der Waals surface area contributed by atoms with E-state index >= 15 is 0 Å². The lowest BCUT2D eigenvalue weighted by atomic mass is 10.1. The fourth-order valence-corrected chi connectivity index (χ4v) is 3.16. The van der Waals surface area contributed by atoms with Gasteiger partial charge in [0, 0.05) is 13.1 Å². The normalized spacial score (nSPS) is 17.3. The van der Waals surface area contributed by atoms with E-state index in [1.807, 2.05) is 24.3 Å². The number of carbonyl (C=O) groups is 3. The Bertz CT molecular complexity index is 895. The van der Waals surface area contributed by atoms with Crippen LogP contribution in [0.25, 0.3) is 0 Å². The second-order valence-electron chi connectivity index (χ2n) is 6.44. The van der Waals surface area contributed by atoms with Crippen LogP contribution in [-0.2, 0) is 0 Å². The Kier molecular flexibility index (Phi) is 4.84. The smallest absolute Gasteiger partial charge is 0.314 e. The van der Waals surface area contributed by atoms with Gasteiger partial charge in [-0.1, -0.05) is 24.3 Å². The quantitative estimate of drug-likeness (QED) is 0.764. The van der Waals surface area contributed by atoms with Crippen LogP contribution in [0, 0.1) is 0 Å². The standard InChI is InChI=1S/C20H19N3O5/c24-18-14-5-1-2-6-15(14)19(25)23(18)10-9-21-20(26)22-11-13-12-27-16-7-3-4-8-17(16)28-13/h1-8,13H,9-12H2,(H2,21,22,26). The van der Waals surface area contributed by atoms with Gasteiger partial charge in [0.15, 0.2) is 17.6 Å². The summed E-state index contributed by atoms with van der Waals surface area (Å²) < 4.78 is 11.4. The van der Waals surface area contributed by atoms with E-state index in [0.29, 0.717) is 29.2 Å². The Morgan fingerprint density at radius 3 is 2.32 bits per heavy atom. The molecule has 8 nitrogen and oxygen atoms in total. The lowest BCUT2D eigenvalue weighted by Crippen LogP contribution is -2.46. The third-order valence-corrected chi connectivity index (χ3v) is 4.56. The van der Waals surface area contributed by atoms with Gasteiger partial charge in [0.25, 0.3) is 11.8 Å². The average Bonchev–Trinajstić information content (AvgIpc) is 2.97. The Balaban J connectivity index is 1.21. The molecule has 28 heavy (non-hydrogen) atoms. The summed E-state index contributed by atoms with van der Waals surface area (Å²) in [4.78, 5) is 37.6. The van der Waals surface area contributed by atoms with E-state index < -0.39 is 6.03 Å². The molecule has 1 atom stereocenters. The summed E-state index contributed by atoms with van der Waals surface area (Å²) in [6.07, 6.45) is -0.295. The summed E-state index contributed by atoms with van der Waals surface area (Å²) in [5, 5.41) is 5.35. The Morgan fingerprint density at radius 2 is 1.61 bits per heavy atom. The number of ether oxygens (including phenoxy) is 2. The van der Waals surface area contributed by atoms with Crippen molar-refractivity contribution in [1.82, 2.24) is 15.5 Å². The minimum absolute atomic E-state index is 0.107. The number of hydrogen-bond acceptors (Lipinski definition) is 5.